The first kappa shape index (κ1) is 30.1. The Morgan fingerprint density at radius 1 is 0.540 bits per heavy atom. The van der Waals surface area contributed by atoms with Gasteiger partial charge in [0.15, 0.2) is 0 Å². The summed E-state index contributed by atoms with van der Waals surface area (Å²) in [4.78, 5) is 7.25. The largest absolute Gasteiger partial charge is 0.311 e. The van der Waals surface area contributed by atoms with E-state index in [2.05, 4.69) is 131 Å². The SMILES string of the molecule is Fc1cccc(-c2ccc(N(c3ccc(N4c5ccccc5Sc5ccccc54)cc3)c3ccc(C45CC6CC(CC(C6)C4)C5)cc3)cc2)c1. The number of halogens is 1. The number of fused-ring (bicyclic) bond motifs is 2. The molecule has 4 bridgehead atoms. The molecule has 1 heterocycles. The van der Waals surface area contributed by atoms with Gasteiger partial charge < -0.3 is 9.80 Å². The van der Waals surface area contributed by atoms with Crippen molar-refractivity contribution in [2.24, 2.45) is 17.8 Å². The maximum Gasteiger partial charge on any atom is 0.123 e. The lowest BCUT2D eigenvalue weighted by atomic mass is 9.48. The highest BCUT2D eigenvalue weighted by Gasteiger charge is 2.51. The zero-order valence-electron chi connectivity index (χ0n) is 28.0. The van der Waals surface area contributed by atoms with Crippen LogP contribution < -0.4 is 9.80 Å². The third-order valence-electron chi connectivity index (χ3n) is 11.9. The maximum absolute atomic E-state index is 14.1. The van der Waals surface area contributed by atoms with Gasteiger partial charge in [0.2, 0.25) is 0 Å². The lowest BCUT2D eigenvalue weighted by Gasteiger charge is -2.57. The van der Waals surface area contributed by atoms with E-state index in [4.69, 9.17) is 0 Å². The summed E-state index contributed by atoms with van der Waals surface area (Å²) in [6.45, 7) is 0. The molecule has 0 aromatic heterocycles. The van der Waals surface area contributed by atoms with E-state index in [9.17, 15) is 4.39 Å². The Kier molecular flexibility index (Phi) is 7.16. The lowest BCUT2D eigenvalue weighted by Crippen LogP contribution is -2.48. The molecule has 0 unspecified atom stereocenters. The van der Waals surface area contributed by atoms with Gasteiger partial charge in [0.05, 0.1) is 11.4 Å². The van der Waals surface area contributed by atoms with E-state index in [-0.39, 0.29) is 5.82 Å². The minimum Gasteiger partial charge on any atom is -0.311 e. The molecule has 50 heavy (non-hydrogen) atoms. The quantitative estimate of drug-likeness (QED) is 0.174. The average molecular weight is 671 g/mol. The van der Waals surface area contributed by atoms with Gasteiger partial charge in [-0.05, 0) is 163 Å². The summed E-state index contributed by atoms with van der Waals surface area (Å²) < 4.78 is 14.1. The zero-order valence-corrected chi connectivity index (χ0v) is 28.8. The predicted molar refractivity (Wildman–Crippen MR) is 205 cm³/mol. The standard InChI is InChI=1S/C46H39FN2S/c47-37-7-5-6-35(27-37)34-12-16-38(17-13-34)48(39-18-14-36(15-19-39)46-28-31-24-32(29-46)26-33(25-31)30-46)40-20-22-41(23-21-40)49-42-8-1-3-10-44(42)50-45-11-4-2-9-43(45)49/h1-23,27,31-33H,24-26,28-30H2. The van der Waals surface area contributed by atoms with Gasteiger partial charge in [0, 0.05) is 32.5 Å². The normalized spacial score (nSPS) is 23.0. The molecule has 246 valence electrons. The smallest absolute Gasteiger partial charge is 0.123 e. The van der Waals surface area contributed by atoms with Crippen LogP contribution in [0.25, 0.3) is 11.1 Å². The molecule has 0 N–H and O–H groups in total. The number of benzene rings is 6. The van der Waals surface area contributed by atoms with Crippen LogP contribution in [0.5, 0.6) is 0 Å². The first-order chi connectivity index (χ1) is 24.6. The summed E-state index contributed by atoms with van der Waals surface area (Å²) >= 11 is 1.83. The summed E-state index contributed by atoms with van der Waals surface area (Å²) in [5.41, 5.74) is 10.6. The second-order valence-corrected chi connectivity index (χ2v) is 16.1. The van der Waals surface area contributed by atoms with Crippen molar-refractivity contribution in [3.63, 3.8) is 0 Å². The summed E-state index contributed by atoms with van der Waals surface area (Å²) in [6.07, 6.45) is 8.48. The Hall–Kier alpha value is -4.80. The zero-order chi connectivity index (χ0) is 33.2. The second-order valence-electron chi connectivity index (χ2n) is 15.0. The van der Waals surface area contributed by atoms with Crippen molar-refractivity contribution in [1.82, 2.24) is 0 Å². The molecule has 4 heteroatoms. The van der Waals surface area contributed by atoms with Crippen LogP contribution >= 0.6 is 11.8 Å². The van der Waals surface area contributed by atoms with Crippen molar-refractivity contribution in [1.29, 1.82) is 0 Å². The molecule has 0 radical (unpaired) electrons. The third-order valence-corrected chi connectivity index (χ3v) is 13.0. The molecule has 0 amide bonds. The van der Waals surface area contributed by atoms with E-state index in [1.54, 1.807) is 12.1 Å². The van der Waals surface area contributed by atoms with Gasteiger partial charge in [-0.2, -0.15) is 0 Å². The minimum atomic E-state index is -0.218. The van der Waals surface area contributed by atoms with Gasteiger partial charge >= 0.3 is 0 Å². The number of hydrogen-bond donors (Lipinski definition) is 0. The Balaban J connectivity index is 1.03. The topological polar surface area (TPSA) is 6.48 Å². The fourth-order valence-electron chi connectivity index (χ4n) is 10.1. The second kappa shape index (κ2) is 11.9. The first-order valence-electron chi connectivity index (χ1n) is 18.1. The molecule has 4 aliphatic carbocycles. The fraction of sp³-hybridized carbons (Fsp3) is 0.217. The molecule has 0 saturated heterocycles. The number of para-hydroxylation sites is 2. The van der Waals surface area contributed by atoms with Crippen LogP contribution in [0.2, 0.25) is 0 Å². The summed E-state index contributed by atoms with van der Waals surface area (Å²) in [5.74, 6) is 2.55. The molecule has 6 aromatic rings. The molecule has 4 saturated carbocycles. The highest BCUT2D eigenvalue weighted by Crippen LogP contribution is 2.61. The number of hydrogen-bond acceptors (Lipinski definition) is 3. The summed E-state index contributed by atoms with van der Waals surface area (Å²) in [7, 11) is 0. The fourth-order valence-corrected chi connectivity index (χ4v) is 11.1. The summed E-state index contributed by atoms with van der Waals surface area (Å²) in [6, 6.07) is 51.2. The van der Waals surface area contributed by atoms with E-state index in [0.717, 1.165) is 51.6 Å². The predicted octanol–water partition coefficient (Wildman–Crippen LogP) is 13.4. The van der Waals surface area contributed by atoms with Crippen molar-refractivity contribution in [2.75, 3.05) is 9.80 Å². The average Bonchev–Trinajstić information content (AvgIpc) is 3.14. The van der Waals surface area contributed by atoms with Crippen LogP contribution in [0.15, 0.2) is 155 Å². The van der Waals surface area contributed by atoms with Crippen LogP contribution in [0.1, 0.15) is 44.1 Å². The van der Waals surface area contributed by atoms with Gasteiger partial charge in [0.25, 0.3) is 0 Å². The minimum absolute atomic E-state index is 0.218. The first-order valence-corrected chi connectivity index (χ1v) is 18.9. The number of anilines is 6. The van der Waals surface area contributed by atoms with E-state index in [1.807, 2.05) is 17.8 Å². The van der Waals surface area contributed by atoms with Gasteiger partial charge in [-0.3, -0.25) is 0 Å². The van der Waals surface area contributed by atoms with Gasteiger partial charge in [0.1, 0.15) is 5.82 Å². The van der Waals surface area contributed by atoms with Crippen LogP contribution in [0.3, 0.4) is 0 Å². The van der Waals surface area contributed by atoms with Crippen molar-refractivity contribution in [2.45, 2.75) is 53.7 Å². The van der Waals surface area contributed by atoms with Crippen LogP contribution in [0.4, 0.5) is 38.5 Å². The van der Waals surface area contributed by atoms with Gasteiger partial charge in [-0.1, -0.05) is 72.4 Å². The van der Waals surface area contributed by atoms with Crippen molar-refractivity contribution >= 4 is 45.9 Å². The van der Waals surface area contributed by atoms with Crippen molar-refractivity contribution in [3.8, 4) is 11.1 Å². The maximum atomic E-state index is 14.1. The highest BCUT2D eigenvalue weighted by molar-refractivity contribution is 7.99. The Morgan fingerprint density at radius 3 is 1.62 bits per heavy atom. The number of rotatable bonds is 6. The van der Waals surface area contributed by atoms with E-state index >= 15 is 0 Å². The van der Waals surface area contributed by atoms with Crippen LogP contribution in [-0.4, -0.2) is 0 Å². The van der Waals surface area contributed by atoms with Gasteiger partial charge in [-0.25, -0.2) is 4.39 Å². The third kappa shape index (κ3) is 5.15. The molecule has 0 atom stereocenters. The van der Waals surface area contributed by atoms with Crippen LogP contribution in [0, 0.1) is 23.6 Å². The molecular formula is C46H39FN2S. The van der Waals surface area contributed by atoms with Gasteiger partial charge in [-0.15, -0.1) is 0 Å². The molecule has 6 aromatic carbocycles. The Labute approximate surface area is 298 Å². The molecule has 0 spiro atoms. The Bertz CT molecular complexity index is 2110. The molecule has 11 rings (SSSR count). The Morgan fingerprint density at radius 2 is 1.06 bits per heavy atom. The van der Waals surface area contributed by atoms with E-state index < -0.39 is 0 Å². The van der Waals surface area contributed by atoms with E-state index in [1.165, 1.54) is 71.3 Å². The summed E-state index contributed by atoms with van der Waals surface area (Å²) in [5, 5.41) is 0. The van der Waals surface area contributed by atoms with E-state index in [0.29, 0.717) is 5.41 Å². The lowest BCUT2D eigenvalue weighted by molar-refractivity contribution is -0.00518. The van der Waals surface area contributed by atoms with Crippen molar-refractivity contribution in [3.05, 3.63) is 157 Å². The molecule has 5 aliphatic rings. The molecule has 1 aliphatic heterocycles. The molecular weight excluding hydrogens is 632 g/mol. The van der Waals surface area contributed by atoms with Crippen LogP contribution in [-0.2, 0) is 5.41 Å². The number of nitrogens with zero attached hydrogens (tertiary/aromatic N) is 2. The molecule has 2 nitrogen and oxygen atoms in total. The highest BCUT2D eigenvalue weighted by atomic mass is 32.2. The molecule has 4 fully saturated rings. The van der Waals surface area contributed by atoms with Crippen molar-refractivity contribution < 1.29 is 4.39 Å². The monoisotopic (exact) mass is 670 g/mol.